The number of aromatic nitrogens is 1. The molecule has 0 N–H and O–H groups in total. The molecule has 4 aromatic rings. The van der Waals surface area contributed by atoms with Gasteiger partial charge in [-0.3, -0.25) is 19.5 Å². The molecule has 13 heteroatoms. The number of methoxy groups -OCH3 is 3. The van der Waals surface area contributed by atoms with E-state index in [0.717, 1.165) is 11.3 Å². The third kappa shape index (κ3) is 5.42. The van der Waals surface area contributed by atoms with Gasteiger partial charge in [-0.05, 0) is 55.8 Å². The number of rotatable bonds is 9. The first-order valence-corrected chi connectivity index (χ1v) is 13.9. The summed E-state index contributed by atoms with van der Waals surface area (Å²) in [5, 5.41) is 11.7. The van der Waals surface area contributed by atoms with E-state index in [1.165, 1.54) is 44.1 Å². The average Bonchev–Trinajstić information content (AvgIpc) is 3.59. The molecule has 0 spiro atoms. The van der Waals surface area contributed by atoms with Crippen molar-refractivity contribution in [3.63, 3.8) is 0 Å². The van der Waals surface area contributed by atoms with Crippen LogP contribution in [0.5, 0.6) is 17.2 Å². The van der Waals surface area contributed by atoms with E-state index >= 15 is 0 Å². The number of fused-ring (bicyclic) bond motifs is 1. The SMILES string of the molecule is CCOC(=O)C1=C(C)N=c2s/c(=C\c3ccc(-c4ccc(OC)cc4[N+](=O)[O-])o3)c(=O)n2C1c1ccc(OC)c(OC)c1. The van der Waals surface area contributed by atoms with Gasteiger partial charge in [0.2, 0.25) is 0 Å². The summed E-state index contributed by atoms with van der Waals surface area (Å²) in [6.07, 6.45) is 1.54. The van der Waals surface area contributed by atoms with Crippen molar-refractivity contribution in [2.24, 2.45) is 4.99 Å². The molecule has 5 rings (SSSR count). The molecule has 0 saturated carbocycles. The first-order valence-electron chi connectivity index (χ1n) is 13.0. The smallest absolute Gasteiger partial charge is 0.338 e. The third-order valence-electron chi connectivity index (χ3n) is 6.81. The summed E-state index contributed by atoms with van der Waals surface area (Å²) in [7, 11) is 4.44. The van der Waals surface area contributed by atoms with Gasteiger partial charge in [0, 0.05) is 6.08 Å². The van der Waals surface area contributed by atoms with Crippen LogP contribution in [0.4, 0.5) is 5.69 Å². The minimum Gasteiger partial charge on any atom is -0.497 e. The molecule has 43 heavy (non-hydrogen) atoms. The van der Waals surface area contributed by atoms with Crippen molar-refractivity contribution in [1.29, 1.82) is 0 Å². The number of esters is 1. The minimum atomic E-state index is -0.855. The van der Waals surface area contributed by atoms with Crippen LogP contribution in [-0.2, 0) is 9.53 Å². The minimum absolute atomic E-state index is 0.145. The molecule has 0 amide bonds. The second-order valence-corrected chi connectivity index (χ2v) is 10.3. The van der Waals surface area contributed by atoms with E-state index in [1.807, 2.05) is 0 Å². The molecule has 0 saturated heterocycles. The number of hydrogen-bond donors (Lipinski definition) is 0. The Labute approximate surface area is 248 Å². The third-order valence-corrected chi connectivity index (χ3v) is 7.79. The van der Waals surface area contributed by atoms with E-state index in [2.05, 4.69) is 4.99 Å². The van der Waals surface area contributed by atoms with Crippen LogP contribution in [0.15, 0.2) is 74.0 Å². The van der Waals surface area contributed by atoms with Gasteiger partial charge in [0.1, 0.15) is 17.3 Å². The average molecular weight is 606 g/mol. The van der Waals surface area contributed by atoms with Gasteiger partial charge in [-0.2, -0.15) is 0 Å². The van der Waals surface area contributed by atoms with Gasteiger partial charge in [-0.1, -0.05) is 17.4 Å². The van der Waals surface area contributed by atoms with Crippen molar-refractivity contribution in [1.82, 2.24) is 4.57 Å². The molecule has 2 aromatic heterocycles. The lowest BCUT2D eigenvalue weighted by Crippen LogP contribution is -2.39. The van der Waals surface area contributed by atoms with Crippen molar-refractivity contribution in [2.45, 2.75) is 19.9 Å². The molecule has 0 fully saturated rings. The molecule has 1 aliphatic rings. The van der Waals surface area contributed by atoms with Crippen molar-refractivity contribution < 1.29 is 33.1 Å². The summed E-state index contributed by atoms with van der Waals surface area (Å²) in [5.74, 6) is 1.21. The van der Waals surface area contributed by atoms with Crippen LogP contribution in [0.1, 0.15) is 31.2 Å². The van der Waals surface area contributed by atoms with E-state index in [4.69, 9.17) is 23.4 Å². The Bertz CT molecular complexity index is 1950. The van der Waals surface area contributed by atoms with E-state index in [-0.39, 0.29) is 33.7 Å². The Morgan fingerprint density at radius 2 is 1.86 bits per heavy atom. The maximum atomic E-state index is 13.9. The molecule has 3 heterocycles. The summed E-state index contributed by atoms with van der Waals surface area (Å²) in [6.45, 7) is 3.54. The zero-order valence-corrected chi connectivity index (χ0v) is 24.7. The molecule has 1 aliphatic heterocycles. The first-order chi connectivity index (χ1) is 20.7. The number of benzene rings is 2. The molecule has 0 aliphatic carbocycles. The highest BCUT2D eigenvalue weighted by atomic mass is 32.1. The van der Waals surface area contributed by atoms with E-state index in [0.29, 0.717) is 39.1 Å². The lowest BCUT2D eigenvalue weighted by atomic mass is 9.95. The summed E-state index contributed by atoms with van der Waals surface area (Å²) < 4.78 is 28.9. The van der Waals surface area contributed by atoms with Gasteiger partial charge in [-0.25, -0.2) is 9.79 Å². The van der Waals surface area contributed by atoms with Gasteiger partial charge in [0.25, 0.3) is 11.2 Å². The fourth-order valence-electron chi connectivity index (χ4n) is 4.83. The number of allylic oxidation sites excluding steroid dienone is 1. The topological polar surface area (TPSA) is 145 Å². The predicted octanol–water partition coefficient (Wildman–Crippen LogP) is 3.99. The second-order valence-electron chi connectivity index (χ2n) is 9.26. The molecule has 222 valence electrons. The number of nitro groups is 1. The summed E-state index contributed by atoms with van der Waals surface area (Å²) in [6, 6.07) is 12.0. The van der Waals surface area contributed by atoms with E-state index in [9.17, 15) is 19.7 Å². The lowest BCUT2D eigenvalue weighted by Gasteiger charge is -2.25. The highest BCUT2D eigenvalue weighted by Gasteiger charge is 2.34. The molecule has 1 atom stereocenters. The quantitative estimate of drug-likeness (QED) is 0.157. The Hall–Kier alpha value is -5.17. The number of nitrogens with zero attached hydrogens (tertiary/aromatic N) is 3. The number of carbonyl (C=O) groups excluding carboxylic acids is 1. The first kappa shape index (κ1) is 29.3. The normalized spacial score (nSPS) is 14.6. The fraction of sp³-hybridized carbons (Fsp3) is 0.233. The lowest BCUT2D eigenvalue weighted by molar-refractivity contribution is -0.384. The van der Waals surface area contributed by atoms with Crippen molar-refractivity contribution in [3.8, 4) is 28.6 Å². The standard InChI is InChI=1S/C30H27N3O9S/c1-6-41-29(35)26-16(2)31-30-32(27(26)17-7-11-23(39-4)24(13-17)40-5)28(34)25(43-30)15-19-9-12-22(42-19)20-10-8-18(38-3)14-21(20)33(36)37/h7-15,27H,6H2,1-5H3/b25-15-. The van der Waals surface area contributed by atoms with E-state index < -0.39 is 22.5 Å². The van der Waals surface area contributed by atoms with Gasteiger partial charge in [-0.15, -0.1) is 0 Å². The fourth-order valence-corrected chi connectivity index (χ4v) is 5.86. The van der Waals surface area contributed by atoms with Crippen LogP contribution >= 0.6 is 11.3 Å². The Morgan fingerprint density at radius 1 is 1.09 bits per heavy atom. The molecule has 12 nitrogen and oxygen atoms in total. The monoisotopic (exact) mass is 605 g/mol. The van der Waals surface area contributed by atoms with Crippen LogP contribution in [-0.4, -0.2) is 43.4 Å². The number of hydrogen-bond acceptors (Lipinski definition) is 11. The number of nitro benzene ring substituents is 1. The second kappa shape index (κ2) is 12.0. The Balaban J connectivity index is 1.64. The van der Waals surface area contributed by atoms with Crippen molar-refractivity contribution in [3.05, 3.63) is 101 Å². The number of thiazole rings is 1. The largest absolute Gasteiger partial charge is 0.497 e. The van der Waals surface area contributed by atoms with Crippen molar-refractivity contribution >= 4 is 29.1 Å². The zero-order chi connectivity index (χ0) is 30.8. The Morgan fingerprint density at radius 3 is 2.53 bits per heavy atom. The highest BCUT2D eigenvalue weighted by Crippen LogP contribution is 2.37. The summed E-state index contributed by atoms with van der Waals surface area (Å²) in [5.41, 5.74) is 0.894. The maximum Gasteiger partial charge on any atom is 0.338 e. The van der Waals surface area contributed by atoms with Gasteiger partial charge >= 0.3 is 5.97 Å². The molecule has 1 unspecified atom stereocenters. The molecule has 0 radical (unpaired) electrons. The number of ether oxygens (including phenoxy) is 4. The maximum absolute atomic E-state index is 13.9. The summed E-state index contributed by atoms with van der Waals surface area (Å²) in [4.78, 5) is 43.2. The van der Waals surface area contributed by atoms with Crippen LogP contribution < -0.4 is 29.1 Å². The van der Waals surface area contributed by atoms with Gasteiger partial charge in [0.05, 0.1) is 66.3 Å². The number of carbonyl (C=O) groups is 1. The van der Waals surface area contributed by atoms with Crippen LogP contribution in [0.3, 0.4) is 0 Å². The van der Waals surface area contributed by atoms with Crippen LogP contribution in [0.25, 0.3) is 17.4 Å². The number of furan rings is 1. The van der Waals surface area contributed by atoms with E-state index in [1.54, 1.807) is 50.2 Å². The zero-order valence-electron chi connectivity index (χ0n) is 23.9. The molecule has 2 aromatic carbocycles. The summed E-state index contributed by atoms with van der Waals surface area (Å²) >= 11 is 1.12. The molecular formula is C30H27N3O9S. The van der Waals surface area contributed by atoms with Crippen LogP contribution in [0, 0.1) is 10.1 Å². The van der Waals surface area contributed by atoms with Gasteiger partial charge < -0.3 is 23.4 Å². The van der Waals surface area contributed by atoms with Gasteiger partial charge in [0.15, 0.2) is 16.3 Å². The highest BCUT2D eigenvalue weighted by molar-refractivity contribution is 7.07. The Kier molecular flexibility index (Phi) is 8.17. The molecular weight excluding hydrogens is 578 g/mol. The molecule has 0 bridgehead atoms. The predicted molar refractivity (Wildman–Crippen MR) is 157 cm³/mol. The van der Waals surface area contributed by atoms with Crippen molar-refractivity contribution in [2.75, 3.05) is 27.9 Å². The van der Waals surface area contributed by atoms with Crippen LogP contribution in [0.2, 0.25) is 0 Å².